The van der Waals surface area contributed by atoms with Crippen LogP contribution in [-0.2, 0) is 4.74 Å². The molecule has 0 bridgehead atoms. The Morgan fingerprint density at radius 1 is 1.28 bits per heavy atom. The van der Waals surface area contributed by atoms with Crippen molar-refractivity contribution in [2.45, 2.75) is 0 Å². The summed E-state index contributed by atoms with van der Waals surface area (Å²) in [6.07, 6.45) is 0. The fourth-order valence-corrected chi connectivity index (χ4v) is 2.79. The van der Waals surface area contributed by atoms with Crippen LogP contribution in [0, 0.1) is 0 Å². The summed E-state index contributed by atoms with van der Waals surface area (Å²) in [6.45, 7) is 1.14. The zero-order valence-electron chi connectivity index (χ0n) is 10.0. The van der Waals surface area contributed by atoms with Gasteiger partial charge in [0.25, 0.3) is 5.91 Å². The Kier molecular flexibility index (Phi) is 6.85. The predicted octanol–water partition coefficient (Wildman–Crippen LogP) is 2.29. The minimum absolute atomic E-state index is 0.0649. The van der Waals surface area contributed by atoms with Gasteiger partial charge in [-0.25, -0.2) is 0 Å². The fraction of sp³-hybridized carbons (Fsp3) is 0.417. The Labute approximate surface area is 123 Å². The summed E-state index contributed by atoms with van der Waals surface area (Å²) in [5.74, 6) is -0.122. The fourth-order valence-electron chi connectivity index (χ4n) is 1.50. The number of rotatable bonds is 6. The molecule has 0 spiro atoms. The first-order valence-corrected chi connectivity index (χ1v) is 7.02. The Bertz CT molecular complexity index is 392. The molecular weight excluding hydrogens is 366 g/mol. The molecule has 4 nitrogen and oxygen atoms in total. The van der Waals surface area contributed by atoms with Crippen LogP contribution in [-0.4, -0.2) is 49.3 Å². The number of amides is 1. The highest BCUT2D eigenvalue weighted by atomic mass is 79.9. The molecule has 1 aromatic carbocycles. The van der Waals surface area contributed by atoms with E-state index in [1.165, 1.54) is 0 Å². The van der Waals surface area contributed by atoms with Crippen LogP contribution in [0.5, 0.6) is 0 Å². The lowest BCUT2D eigenvalue weighted by Crippen LogP contribution is -2.36. The van der Waals surface area contributed by atoms with E-state index in [1.807, 2.05) is 6.07 Å². The van der Waals surface area contributed by atoms with Crippen LogP contribution < -0.4 is 0 Å². The molecule has 0 saturated carbocycles. The highest BCUT2D eigenvalue weighted by Crippen LogP contribution is 2.21. The Balaban J connectivity index is 2.86. The maximum Gasteiger partial charge on any atom is 0.254 e. The van der Waals surface area contributed by atoms with Crippen LogP contribution >= 0.6 is 31.9 Å². The van der Waals surface area contributed by atoms with Crippen LogP contribution in [0.1, 0.15) is 10.4 Å². The second-order valence-corrected chi connectivity index (χ2v) is 5.50. The second-order valence-electron chi connectivity index (χ2n) is 3.67. The van der Waals surface area contributed by atoms with Crippen LogP contribution in [0.3, 0.4) is 0 Å². The van der Waals surface area contributed by atoms with Crippen molar-refractivity contribution >= 4 is 37.8 Å². The molecule has 0 atom stereocenters. The monoisotopic (exact) mass is 379 g/mol. The molecule has 1 aromatic rings. The molecule has 0 unspecified atom stereocenters. The van der Waals surface area contributed by atoms with Crippen molar-refractivity contribution in [1.82, 2.24) is 4.90 Å². The van der Waals surface area contributed by atoms with Gasteiger partial charge in [0.15, 0.2) is 0 Å². The molecular formula is C12H15Br2NO3. The summed E-state index contributed by atoms with van der Waals surface area (Å²) >= 11 is 6.69. The van der Waals surface area contributed by atoms with Gasteiger partial charge < -0.3 is 14.7 Å². The van der Waals surface area contributed by atoms with Gasteiger partial charge in [0.1, 0.15) is 0 Å². The lowest BCUT2D eigenvalue weighted by atomic mass is 10.2. The minimum Gasteiger partial charge on any atom is -0.395 e. The first-order valence-electron chi connectivity index (χ1n) is 5.43. The standard InChI is InChI=1S/C12H15Br2NO3/c1-18-5-3-15(2-4-16)12(17)9-6-10(13)8-11(14)7-9/h6-8,16H,2-5H2,1H3. The van der Waals surface area contributed by atoms with Gasteiger partial charge in [-0.3, -0.25) is 4.79 Å². The zero-order chi connectivity index (χ0) is 13.5. The molecule has 1 rings (SSSR count). The zero-order valence-corrected chi connectivity index (χ0v) is 13.2. The maximum absolute atomic E-state index is 12.3. The Morgan fingerprint density at radius 3 is 2.39 bits per heavy atom. The first-order chi connectivity index (χ1) is 8.58. The van der Waals surface area contributed by atoms with Gasteiger partial charge in [-0.1, -0.05) is 31.9 Å². The molecule has 0 fully saturated rings. The van der Waals surface area contributed by atoms with Gasteiger partial charge in [0.2, 0.25) is 0 Å². The van der Waals surface area contributed by atoms with Crippen LogP contribution in [0.15, 0.2) is 27.1 Å². The molecule has 100 valence electrons. The number of carbonyl (C=O) groups is 1. The van der Waals surface area contributed by atoms with E-state index >= 15 is 0 Å². The van der Waals surface area contributed by atoms with Crippen molar-refractivity contribution < 1.29 is 14.6 Å². The third-order valence-electron chi connectivity index (χ3n) is 2.33. The van der Waals surface area contributed by atoms with Gasteiger partial charge in [0.05, 0.1) is 13.2 Å². The van der Waals surface area contributed by atoms with Crippen molar-refractivity contribution in [3.8, 4) is 0 Å². The molecule has 0 radical (unpaired) electrons. The number of carbonyl (C=O) groups excluding carboxylic acids is 1. The SMILES string of the molecule is COCCN(CCO)C(=O)c1cc(Br)cc(Br)c1. The number of benzene rings is 1. The number of halogens is 2. The summed E-state index contributed by atoms with van der Waals surface area (Å²) in [5.41, 5.74) is 0.570. The molecule has 0 saturated heterocycles. The van der Waals surface area contributed by atoms with E-state index in [0.29, 0.717) is 25.3 Å². The third kappa shape index (κ3) is 4.68. The van der Waals surface area contributed by atoms with Crippen molar-refractivity contribution in [3.63, 3.8) is 0 Å². The van der Waals surface area contributed by atoms with Crippen LogP contribution in [0.25, 0.3) is 0 Å². The molecule has 6 heteroatoms. The Morgan fingerprint density at radius 2 is 1.89 bits per heavy atom. The largest absolute Gasteiger partial charge is 0.395 e. The summed E-state index contributed by atoms with van der Waals surface area (Å²) in [5, 5.41) is 8.99. The molecule has 0 aliphatic carbocycles. The molecule has 0 aliphatic rings. The summed E-state index contributed by atoms with van der Waals surface area (Å²) < 4.78 is 6.62. The quantitative estimate of drug-likeness (QED) is 0.823. The molecule has 0 heterocycles. The van der Waals surface area contributed by atoms with E-state index in [2.05, 4.69) is 31.9 Å². The summed E-state index contributed by atoms with van der Waals surface area (Å²) in [6, 6.07) is 5.37. The van der Waals surface area contributed by atoms with Crippen LogP contribution in [0.2, 0.25) is 0 Å². The topological polar surface area (TPSA) is 49.8 Å². The molecule has 18 heavy (non-hydrogen) atoms. The van der Waals surface area contributed by atoms with Crippen molar-refractivity contribution in [3.05, 3.63) is 32.7 Å². The number of hydrogen-bond acceptors (Lipinski definition) is 3. The molecule has 1 N–H and O–H groups in total. The molecule has 0 aromatic heterocycles. The van der Waals surface area contributed by atoms with E-state index in [4.69, 9.17) is 9.84 Å². The van der Waals surface area contributed by atoms with Gasteiger partial charge in [-0.05, 0) is 18.2 Å². The average molecular weight is 381 g/mol. The van der Waals surface area contributed by atoms with E-state index in [-0.39, 0.29) is 12.5 Å². The number of hydrogen-bond donors (Lipinski definition) is 1. The van der Waals surface area contributed by atoms with Gasteiger partial charge in [-0.15, -0.1) is 0 Å². The number of nitrogens with zero attached hydrogens (tertiary/aromatic N) is 1. The number of ether oxygens (including phenoxy) is 1. The lowest BCUT2D eigenvalue weighted by Gasteiger charge is -2.21. The predicted molar refractivity (Wildman–Crippen MR) is 76.7 cm³/mol. The summed E-state index contributed by atoms with van der Waals surface area (Å²) in [4.78, 5) is 13.8. The highest BCUT2D eigenvalue weighted by Gasteiger charge is 2.15. The Hall–Kier alpha value is -0.430. The number of aliphatic hydroxyl groups is 1. The average Bonchev–Trinajstić information content (AvgIpc) is 2.32. The van der Waals surface area contributed by atoms with E-state index in [1.54, 1.807) is 24.1 Å². The van der Waals surface area contributed by atoms with Gasteiger partial charge in [0, 0.05) is 34.7 Å². The van der Waals surface area contributed by atoms with Gasteiger partial charge in [-0.2, -0.15) is 0 Å². The van der Waals surface area contributed by atoms with Gasteiger partial charge >= 0.3 is 0 Å². The molecule has 1 amide bonds. The van der Waals surface area contributed by atoms with E-state index in [0.717, 1.165) is 8.95 Å². The van der Waals surface area contributed by atoms with Crippen molar-refractivity contribution in [1.29, 1.82) is 0 Å². The normalized spacial score (nSPS) is 10.4. The second kappa shape index (κ2) is 7.89. The van der Waals surface area contributed by atoms with E-state index in [9.17, 15) is 4.79 Å². The third-order valence-corrected chi connectivity index (χ3v) is 3.25. The number of methoxy groups -OCH3 is 1. The van der Waals surface area contributed by atoms with E-state index < -0.39 is 0 Å². The molecule has 0 aliphatic heterocycles. The van der Waals surface area contributed by atoms with Crippen molar-refractivity contribution in [2.75, 3.05) is 33.4 Å². The van der Waals surface area contributed by atoms with Crippen LogP contribution in [0.4, 0.5) is 0 Å². The minimum atomic E-state index is -0.122. The maximum atomic E-state index is 12.3. The lowest BCUT2D eigenvalue weighted by molar-refractivity contribution is 0.0656. The van der Waals surface area contributed by atoms with Crippen molar-refractivity contribution in [2.24, 2.45) is 0 Å². The first kappa shape index (κ1) is 15.6. The highest BCUT2D eigenvalue weighted by molar-refractivity contribution is 9.11. The summed E-state index contributed by atoms with van der Waals surface area (Å²) in [7, 11) is 1.58. The smallest absolute Gasteiger partial charge is 0.254 e. The number of aliphatic hydroxyl groups excluding tert-OH is 1.